The van der Waals surface area contributed by atoms with Crippen molar-refractivity contribution in [2.24, 2.45) is 23.7 Å². The normalized spacial score (nSPS) is 21.2. The lowest BCUT2D eigenvalue weighted by Gasteiger charge is -2.26. The third-order valence-corrected chi connectivity index (χ3v) is 4.33. The zero-order valence-corrected chi connectivity index (χ0v) is 13.7. The highest BCUT2D eigenvalue weighted by Crippen LogP contribution is 2.49. The molecule has 0 radical (unpaired) electrons. The second kappa shape index (κ2) is 6.08. The van der Waals surface area contributed by atoms with Crippen LogP contribution in [0.5, 0.6) is 0 Å². The highest BCUT2D eigenvalue weighted by atomic mass is 14.4. The first-order valence-corrected chi connectivity index (χ1v) is 7.82. The summed E-state index contributed by atoms with van der Waals surface area (Å²) in [6.45, 7) is 18.9. The highest BCUT2D eigenvalue weighted by molar-refractivity contribution is 5.51. The Morgan fingerprint density at radius 3 is 1.67 bits per heavy atom. The highest BCUT2D eigenvalue weighted by Gasteiger charge is 2.35. The quantitative estimate of drug-likeness (QED) is 0.560. The van der Waals surface area contributed by atoms with E-state index in [9.17, 15) is 0 Å². The molecule has 0 saturated carbocycles. The van der Waals surface area contributed by atoms with E-state index in [1.165, 1.54) is 12.8 Å². The van der Waals surface area contributed by atoms with Crippen molar-refractivity contribution in [2.75, 3.05) is 0 Å². The SMILES string of the molecule is CCC1=C(C(C)C)C(C(C)C)C(CC)=C1C(C)C. The fraction of sp³-hybridized carbons (Fsp3) is 0.778. The van der Waals surface area contributed by atoms with Crippen LogP contribution in [0.15, 0.2) is 22.3 Å². The van der Waals surface area contributed by atoms with Crippen molar-refractivity contribution >= 4 is 0 Å². The van der Waals surface area contributed by atoms with Gasteiger partial charge in [0.1, 0.15) is 0 Å². The van der Waals surface area contributed by atoms with E-state index in [0.717, 1.165) is 5.92 Å². The Morgan fingerprint density at radius 2 is 1.39 bits per heavy atom. The summed E-state index contributed by atoms with van der Waals surface area (Å²) in [5.41, 5.74) is 6.87. The van der Waals surface area contributed by atoms with Crippen LogP contribution in [-0.4, -0.2) is 0 Å². The summed E-state index contributed by atoms with van der Waals surface area (Å²) >= 11 is 0. The molecule has 0 amide bonds. The molecule has 0 aliphatic heterocycles. The predicted molar refractivity (Wildman–Crippen MR) is 82.6 cm³/mol. The molecule has 0 bridgehead atoms. The van der Waals surface area contributed by atoms with E-state index in [1.807, 2.05) is 0 Å². The smallest absolute Gasteiger partial charge is 0.00444 e. The molecule has 0 N–H and O–H groups in total. The average molecular weight is 248 g/mol. The third-order valence-electron chi connectivity index (χ3n) is 4.33. The van der Waals surface area contributed by atoms with Crippen LogP contribution in [0.2, 0.25) is 0 Å². The van der Waals surface area contributed by atoms with Crippen LogP contribution in [0.25, 0.3) is 0 Å². The van der Waals surface area contributed by atoms with Crippen LogP contribution in [-0.2, 0) is 0 Å². The van der Waals surface area contributed by atoms with Gasteiger partial charge in [-0.2, -0.15) is 0 Å². The summed E-state index contributed by atoms with van der Waals surface area (Å²) in [5.74, 6) is 2.80. The van der Waals surface area contributed by atoms with Crippen molar-refractivity contribution in [3.63, 3.8) is 0 Å². The molecule has 0 aromatic rings. The lowest BCUT2D eigenvalue weighted by atomic mass is 9.79. The van der Waals surface area contributed by atoms with E-state index < -0.39 is 0 Å². The van der Waals surface area contributed by atoms with Gasteiger partial charge in [-0.15, -0.1) is 0 Å². The van der Waals surface area contributed by atoms with Crippen LogP contribution < -0.4 is 0 Å². The molecule has 0 nitrogen and oxygen atoms in total. The Labute approximate surface area is 115 Å². The van der Waals surface area contributed by atoms with Gasteiger partial charge in [0, 0.05) is 5.92 Å². The lowest BCUT2D eigenvalue weighted by molar-refractivity contribution is 0.460. The maximum Gasteiger partial charge on any atom is 0.00444 e. The van der Waals surface area contributed by atoms with Crippen molar-refractivity contribution in [3.05, 3.63) is 22.3 Å². The average Bonchev–Trinajstić information content (AvgIpc) is 2.62. The zero-order chi connectivity index (χ0) is 14.0. The van der Waals surface area contributed by atoms with E-state index in [-0.39, 0.29) is 0 Å². The van der Waals surface area contributed by atoms with Gasteiger partial charge in [-0.25, -0.2) is 0 Å². The Balaban J connectivity index is 3.43. The van der Waals surface area contributed by atoms with Gasteiger partial charge < -0.3 is 0 Å². The first kappa shape index (κ1) is 15.5. The minimum atomic E-state index is 0.674. The Morgan fingerprint density at radius 1 is 0.833 bits per heavy atom. The number of hydrogen-bond donors (Lipinski definition) is 0. The second-order valence-corrected chi connectivity index (χ2v) is 6.61. The Hall–Kier alpha value is -0.520. The lowest BCUT2D eigenvalue weighted by Crippen LogP contribution is -2.15. The summed E-state index contributed by atoms with van der Waals surface area (Å²) in [7, 11) is 0. The summed E-state index contributed by atoms with van der Waals surface area (Å²) in [5, 5.41) is 0. The van der Waals surface area contributed by atoms with Crippen LogP contribution in [0, 0.1) is 23.7 Å². The Kier molecular flexibility index (Phi) is 5.25. The van der Waals surface area contributed by atoms with Crippen LogP contribution in [0.4, 0.5) is 0 Å². The molecule has 0 heterocycles. The molecule has 0 spiro atoms. The maximum atomic E-state index is 2.39. The fourth-order valence-corrected chi connectivity index (χ4v) is 3.89. The van der Waals surface area contributed by atoms with Gasteiger partial charge in [0.2, 0.25) is 0 Å². The summed E-state index contributed by atoms with van der Waals surface area (Å²) < 4.78 is 0. The van der Waals surface area contributed by atoms with Gasteiger partial charge in [-0.1, -0.05) is 66.5 Å². The molecular formula is C18H32. The first-order chi connectivity index (χ1) is 8.36. The van der Waals surface area contributed by atoms with Crippen molar-refractivity contribution in [2.45, 2.75) is 68.2 Å². The van der Waals surface area contributed by atoms with Gasteiger partial charge in [0.25, 0.3) is 0 Å². The van der Waals surface area contributed by atoms with E-state index in [4.69, 9.17) is 0 Å². The molecule has 1 atom stereocenters. The van der Waals surface area contributed by atoms with Gasteiger partial charge in [0.15, 0.2) is 0 Å². The maximum absolute atomic E-state index is 2.39. The van der Waals surface area contributed by atoms with Gasteiger partial charge in [0.05, 0.1) is 0 Å². The van der Waals surface area contributed by atoms with E-state index in [0.29, 0.717) is 17.8 Å². The van der Waals surface area contributed by atoms with Crippen LogP contribution >= 0.6 is 0 Å². The molecule has 18 heavy (non-hydrogen) atoms. The van der Waals surface area contributed by atoms with Crippen molar-refractivity contribution < 1.29 is 0 Å². The molecule has 104 valence electrons. The van der Waals surface area contributed by atoms with Crippen molar-refractivity contribution in [1.29, 1.82) is 0 Å². The molecule has 0 aromatic heterocycles. The first-order valence-electron chi connectivity index (χ1n) is 7.82. The second-order valence-electron chi connectivity index (χ2n) is 6.61. The summed E-state index contributed by atoms with van der Waals surface area (Å²) in [6.07, 6.45) is 2.42. The fourth-order valence-electron chi connectivity index (χ4n) is 3.89. The largest absolute Gasteiger partial charge is 0.0619 e. The molecule has 1 aliphatic rings. The molecule has 1 rings (SSSR count). The van der Waals surface area contributed by atoms with Crippen molar-refractivity contribution in [3.8, 4) is 0 Å². The van der Waals surface area contributed by atoms with Gasteiger partial charge in [-0.05, 0) is 41.7 Å². The predicted octanol–water partition coefficient (Wildman–Crippen LogP) is 6.00. The standard InChI is InChI=1S/C18H32/c1-9-14-16(11(3)4)15(10-2)18(13(7)8)17(14)12(5)6/h11-13,17H,9-10H2,1-8H3. The topological polar surface area (TPSA) is 0 Å². The third kappa shape index (κ3) is 2.58. The molecule has 0 fully saturated rings. The minimum Gasteiger partial charge on any atom is -0.0619 e. The molecule has 0 heteroatoms. The number of allylic oxidation sites excluding steroid dienone is 4. The Bertz CT molecular complexity index is 350. The summed E-state index contributed by atoms with van der Waals surface area (Å²) in [4.78, 5) is 0. The van der Waals surface area contributed by atoms with E-state index >= 15 is 0 Å². The van der Waals surface area contributed by atoms with E-state index in [1.54, 1.807) is 22.3 Å². The van der Waals surface area contributed by atoms with Gasteiger partial charge >= 0.3 is 0 Å². The van der Waals surface area contributed by atoms with Gasteiger partial charge in [-0.3, -0.25) is 0 Å². The summed E-state index contributed by atoms with van der Waals surface area (Å²) in [6, 6.07) is 0. The number of hydrogen-bond acceptors (Lipinski definition) is 0. The molecule has 1 aliphatic carbocycles. The van der Waals surface area contributed by atoms with Crippen LogP contribution in [0.3, 0.4) is 0 Å². The zero-order valence-electron chi connectivity index (χ0n) is 13.7. The van der Waals surface area contributed by atoms with Crippen molar-refractivity contribution in [1.82, 2.24) is 0 Å². The molecule has 1 unspecified atom stereocenters. The van der Waals surface area contributed by atoms with E-state index in [2.05, 4.69) is 55.4 Å². The number of rotatable bonds is 5. The van der Waals surface area contributed by atoms with Crippen LogP contribution in [0.1, 0.15) is 68.2 Å². The minimum absolute atomic E-state index is 0.674. The molecular weight excluding hydrogens is 216 g/mol. The monoisotopic (exact) mass is 248 g/mol. The molecule has 0 saturated heterocycles. The molecule has 0 aromatic carbocycles.